The molecule has 0 bridgehead atoms. The van der Waals surface area contributed by atoms with Crippen molar-refractivity contribution >= 4 is 22.9 Å². The second-order valence-corrected chi connectivity index (χ2v) is 3.53. The van der Waals surface area contributed by atoms with Crippen LogP contribution in [-0.2, 0) is 9.53 Å². The predicted octanol–water partition coefficient (Wildman–Crippen LogP) is 2.22. The third-order valence-corrected chi connectivity index (χ3v) is 2.76. The van der Waals surface area contributed by atoms with Gasteiger partial charge in [-0.25, -0.2) is 4.79 Å². The summed E-state index contributed by atoms with van der Waals surface area (Å²) >= 11 is 1.49. The number of esters is 1. The van der Waals surface area contributed by atoms with Crippen molar-refractivity contribution < 1.29 is 9.53 Å². The Morgan fingerprint density at radius 2 is 2.36 bits per heavy atom. The zero-order valence-electron chi connectivity index (χ0n) is 7.90. The maximum absolute atomic E-state index is 11.2. The smallest absolute Gasteiger partial charge is 0.348 e. The van der Waals surface area contributed by atoms with Gasteiger partial charge in [0, 0.05) is 4.88 Å². The van der Waals surface area contributed by atoms with E-state index in [0.29, 0.717) is 5.57 Å². The molecule has 0 spiro atoms. The quantitative estimate of drug-likeness (QED) is 0.424. The first-order chi connectivity index (χ1) is 6.70. The highest BCUT2D eigenvalue weighted by Crippen LogP contribution is 2.23. The zero-order chi connectivity index (χ0) is 10.6. The highest BCUT2D eigenvalue weighted by molar-refractivity contribution is 7.11. The van der Waals surface area contributed by atoms with E-state index in [0.717, 1.165) is 4.88 Å². The highest BCUT2D eigenvalue weighted by Gasteiger charge is 2.14. The molecule has 3 nitrogen and oxygen atoms in total. The first-order valence-electron chi connectivity index (χ1n) is 3.94. The highest BCUT2D eigenvalue weighted by atomic mass is 32.1. The summed E-state index contributed by atoms with van der Waals surface area (Å²) in [5.74, 6) is -0.585. The lowest BCUT2D eigenvalue weighted by Crippen LogP contribution is -2.04. The van der Waals surface area contributed by atoms with Crippen molar-refractivity contribution in [3.63, 3.8) is 0 Å². The van der Waals surface area contributed by atoms with E-state index >= 15 is 0 Å². The van der Waals surface area contributed by atoms with Gasteiger partial charge >= 0.3 is 5.97 Å². The largest absolute Gasteiger partial charge is 0.465 e. The minimum Gasteiger partial charge on any atom is -0.465 e. The number of rotatable bonds is 2. The van der Waals surface area contributed by atoms with Gasteiger partial charge in [0.05, 0.1) is 7.11 Å². The van der Waals surface area contributed by atoms with Crippen LogP contribution in [0.1, 0.15) is 11.8 Å². The van der Waals surface area contributed by atoms with Gasteiger partial charge in [0.25, 0.3) is 0 Å². The number of hydrogen-bond donors (Lipinski definition) is 0. The average molecular weight is 207 g/mol. The van der Waals surface area contributed by atoms with Crippen LogP contribution in [0.25, 0.3) is 5.57 Å². The lowest BCUT2D eigenvalue weighted by Gasteiger charge is -2.00. The first kappa shape index (κ1) is 10.5. The van der Waals surface area contributed by atoms with E-state index in [1.54, 1.807) is 6.92 Å². The van der Waals surface area contributed by atoms with Crippen LogP contribution >= 0.6 is 11.3 Å². The van der Waals surface area contributed by atoms with Crippen molar-refractivity contribution in [2.24, 2.45) is 0 Å². The first-order valence-corrected chi connectivity index (χ1v) is 4.81. The molecule has 0 aliphatic rings. The Kier molecular flexibility index (Phi) is 3.43. The Morgan fingerprint density at radius 1 is 1.64 bits per heavy atom. The lowest BCUT2D eigenvalue weighted by atomic mass is 10.1. The summed E-state index contributed by atoms with van der Waals surface area (Å²) in [5, 5.41) is 10.7. The fourth-order valence-electron chi connectivity index (χ4n) is 1.000. The number of nitrogens with zero attached hydrogens (tertiary/aromatic N) is 1. The van der Waals surface area contributed by atoms with E-state index in [1.807, 2.05) is 23.6 Å². The number of thiophene rings is 1. The molecule has 0 aromatic carbocycles. The standard InChI is InChI=1S/C10H9NO2S/c1-7(9-4-3-5-14-9)8(6-11)10(12)13-2/h3-5H,1-2H3. The Morgan fingerprint density at radius 3 is 2.79 bits per heavy atom. The molecule has 14 heavy (non-hydrogen) atoms. The molecule has 0 saturated heterocycles. The van der Waals surface area contributed by atoms with Crippen LogP contribution in [0.5, 0.6) is 0 Å². The Hall–Kier alpha value is -1.60. The van der Waals surface area contributed by atoms with E-state index in [4.69, 9.17) is 5.26 Å². The molecule has 0 aliphatic heterocycles. The van der Waals surface area contributed by atoms with Gasteiger partial charge in [-0.15, -0.1) is 11.3 Å². The van der Waals surface area contributed by atoms with Gasteiger partial charge < -0.3 is 4.74 Å². The summed E-state index contributed by atoms with van der Waals surface area (Å²) in [5.41, 5.74) is 0.726. The van der Waals surface area contributed by atoms with Crippen LogP contribution in [0.3, 0.4) is 0 Å². The zero-order valence-corrected chi connectivity index (χ0v) is 8.72. The van der Waals surface area contributed by atoms with Gasteiger partial charge in [-0.3, -0.25) is 0 Å². The molecule has 0 radical (unpaired) electrons. The van der Waals surface area contributed by atoms with Gasteiger partial charge in [0.15, 0.2) is 0 Å². The number of methoxy groups -OCH3 is 1. The average Bonchev–Trinajstić information content (AvgIpc) is 2.71. The monoisotopic (exact) mass is 207 g/mol. The fourth-order valence-corrected chi connectivity index (χ4v) is 1.74. The second kappa shape index (κ2) is 4.58. The molecule has 0 fully saturated rings. The molecule has 72 valence electrons. The van der Waals surface area contributed by atoms with E-state index in [1.165, 1.54) is 18.4 Å². The van der Waals surface area contributed by atoms with Crippen molar-refractivity contribution in [3.8, 4) is 6.07 Å². The van der Waals surface area contributed by atoms with Crippen LogP contribution in [0.2, 0.25) is 0 Å². The van der Waals surface area contributed by atoms with Gasteiger partial charge in [-0.1, -0.05) is 6.07 Å². The number of allylic oxidation sites excluding steroid dienone is 1. The summed E-state index contributed by atoms with van der Waals surface area (Å²) in [4.78, 5) is 12.1. The van der Waals surface area contributed by atoms with Crippen molar-refractivity contribution in [2.45, 2.75) is 6.92 Å². The maximum atomic E-state index is 11.2. The molecule has 1 aromatic rings. The minimum atomic E-state index is -0.585. The molecule has 1 heterocycles. The van der Waals surface area contributed by atoms with Gasteiger partial charge in [0.1, 0.15) is 11.6 Å². The molecule has 0 amide bonds. The van der Waals surface area contributed by atoms with Crippen molar-refractivity contribution in [3.05, 3.63) is 28.0 Å². The van der Waals surface area contributed by atoms with Gasteiger partial charge in [-0.2, -0.15) is 5.26 Å². The number of nitriles is 1. The Bertz CT molecular complexity index is 398. The molecular weight excluding hydrogens is 198 g/mol. The Balaban J connectivity index is 3.15. The molecule has 1 aromatic heterocycles. The third-order valence-electron chi connectivity index (χ3n) is 1.77. The molecule has 1 rings (SSSR count). The number of carbonyl (C=O) groups is 1. The number of hydrogen-bond acceptors (Lipinski definition) is 4. The lowest BCUT2D eigenvalue weighted by molar-refractivity contribution is -0.135. The van der Waals surface area contributed by atoms with Crippen LogP contribution in [-0.4, -0.2) is 13.1 Å². The summed E-state index contributed by atoms with van der Waals surface area (Å²) in [6, 6.07) is 5.58. The maximum Gasteiger partial charge on any atom is 0.348 e. The van der Waals surface area contributed by atoms with Gasteiger partial charge in [0.2, 0.25) is 0 Å². The number of carbonyl (C=O) groups excluding carboxylic acids is 1. The predicted molar refractivity (Wildman–Crippen MR) is 54.5 cm³/mol. The van der Waals surface area contributed by atoms with E-state index in [9.17, 15) is 4.79 Å². The van der Waals surface area contributed by atoms with Crippen molar-refractivity contribution in [1.82, 2.24) is 0 Å². The molecule has 0 saturated carbocycles. The third kappa shape index (κ3) is 2.01. The summed E-state index contributed by atoms with van der Waals surface area (Å²) in [6.45, 7) is 1.74. The summed E-state index contributed by atoms with van der Waals surface area (Å²) in [7, 11) is 1.27. The second-order valence-electron chi connectivity index (χ2n) is 2.58. The molecule has 0 unspecified atom stereocenters. The van der Waals surface area contributed by atoms with Crippen molar-refractivity contribution in [2.75, 3.05) is 7.11 Å². The minimum absolute atomic E-state index is 0.0648. The van der Waals surface area contributed by atoms with Crippen molar-refractivity contribution in [1.29, 1.82) is 5.26 Å². The van der Waals surface area contributed by atoms with E-state index in [-0.39, 0.29) is 5.57 Å². The fraction of sp³-hybridized carbons (Fsp3) is 0.200. The molecule has 0 aliphatic carbocycles. The molecular formula is C10H9NO2S. The molecule has 0 N–H and O–H groups in total. The van der Waals surface area contributed by atoms with Crippen LogP contribution < -0.4 is 0 Å². The summed E-state index contributed by atoms with van der Waals surface area (Å²) in [6.07, 6.45) is 0. The molecule has 0 atom stereocenters. The van der Waals surface area contributed by atoms with Gasteiger partial charge in [-0.05, 0) is 23.9 Å². The van der Waals surface area contributed by atoms with Crippen LogP contribution in [0, 0.1) is 11.3 Å². The SMILES string of the molecule is COC(=O)C(C#N)=C(C)c1cccs1. The number of ether oxygens (including phenoxy) is 1. The van der Waals surface area contributed by atoms with E-state index in [2.05, 4.69) is 4.74 Å². The van der Waals surface area contributed by atoms with Crippen LogP contribution in [0.4, 0.5) is 0 Å². The Labute approximate surface area is 86.2 Å². The normalized spacial score (nSPS) is 11.5. The topological polar surface area (TPSA) is 50.1 Å². The van der Waals surface area contributed by atoms with Crippen LogP contribution in [0.15, 0.2) is 23.1 Å². The van der Waals surface area contributed by atoms with E-state index < -0.39 is 5.97 Å². The molecule has 4 heteroatoms. The summed E-state index contributed by atoms with van der Waals surface area (Å²) < 4.78 is 4.51.